The summed E-state index contributed by atoms with van der Waals surface area (Å²) in [7, 11) is 0. The van der Waals surface area contributed by atoms with Crippen molar-refractivity contribution < 1.29 is 9.32 Å². The smallest absolute Gasteiger partial charge is 0.278 e. The molecule has 1 aromatic carbocycles. The van der Waals surface area contributed by atoms with E-state index >= 15 is 0 Å². The number of amides is 1. The summed E-state index contributed by atoms with van der Waals surface area (Å²) in [6.07, 6.45) is 3.39. The summed E-state index contributed by atoms with van der Waals surface area (Å²) in [5.41, 5.74) is 5.35. The first-order valence-electron chi connectivity index (χ1n) is 9.86. The van der Waals surface area contributed by atoms with Crippen molar-refractivity contribution in [3.05, 3.63) is 81.2 Å². The molecule has 0 aliphatic heterocycles. The second-order valence-electron chi connectivity index (χ2n) is 7.57. The molecule has 0 saturated heterocycles. The van der Waals surface area contributed by atoms with E-state index in [0.29, 0.717) is 35.1 Å². The Morgan fingerprint density at radius 2 is 1.87 bits per heavy atom. The number of nitrogens with one attached hydrogen (secondary N) is 1. The van der Waals surface area contributed by atoms with E-state index in [-0.39, 0.29) is 11.6 Å². The Bertz CT molecular complexity index is 1240. The second kappa shape index (κ2) is 8.39. The van der Waals surface area contributed by atoms with E-state index in [0.717, 1.165) is 17.0 Å². The van der Waals surface area contributed by atoms with Crippen LogP contribution in [0.3, 0.4) is 0 Å². The van der Waals surface area contributed by atoms with Crippen molar-refractivity contribution in [2.45, 2.75) is 40.8 Å². The van der Waals surface area contributed by atoms with Crippen LogP contribution >= 0.6 is 11.6 Å². The van der Waals surface area contributed by atoms with Gasteiger partial charge in [0.25, 0.3) is 5.91 Å². The maximum absolute atomic E-state index is 12.9. The largest absolute Gasteiger partial charge is 0.361 e. The number of nitrogens with zero attached hydrogens (tertiary/aromatic N) is 5. The van der Waals surface area contributed by atoms with Gasteiger partial charge in [0.05, 0.1) is 41.4 Å². The normalized spacial score (nSPS) is 11.1. The van der Waals surface area contributed by atoms with Gasteiger partial charge >= 0.3 is 0 Å². The molecule has 0 unspecified atom stereocenters. The van der Waals surface area contributed by atoms with Gasteiger partial charge in [0, 0.05) is 11.8 Å². The Morgan fingerprint density at radius 3 is 2.55 bits per heavy atom. The van der Waals surface area contributed by atoms with Gasteiger partial charge in [-0.1, -0.05) is 46.6 Å². The first-order valence-corrected chi connectivity index (χ1v) is 10.2. The molecule has 3 heterocycles. The van der Waals surface area contributed by atoms with Gasteiger partial charge < -0.3 is 9.84 Å². The molecule has 9 heteroatoms. The quantitative estimate of drug-likeness (QED) is 0.484. The zero-order chi connectivity index (χ0) is 22.1. The number of hydrogen-bond donors (Lipinski definition) is 1. The fourth-order valence-corrected chi connectivity index (χ4v) is 3.46. The summed E-state index contributed by atoms with van der Waals surface area (Å²) >= 11 is 6.25. The molecule has 1 amide bonds. The van der Waals surface area contributed by atoms with Crippen molar-refractivity contribution in [1.29, 1.82) is 0 Å². The number of aromatic nitrogens is 5. The zero-order valence-electron chi connectivity index (χ0n) is 17.8. The number of rotatable bonds is 6. The molecule has 0 spiro atoms. The molecule has 0 radical (unpaired) electrons. The summed E-state index contributed by atoms with van der Waals surface area (Å²) in [5, 5.41) is 16.2. The Morgan fingerprint density at radius 1 is 1.13 bits per heavy atom. The van der Waals surface area contributed by atoms with E-state index in [4.69, 9.17) is 16.1 Å². The van der Waals surface area contributed by atoms with Crippen LogP contribution in [0.25, 0.3) is 0 Å². The molecular formula is C22H23ClN6O2. The van der Waals surface area contributed by atoms with Crippen LogP contribution in [0.4, 0.5) is 5.69 Å². The number of carbonyl (C=O) groups excluding carboxylic acids is 1. The molecule has 160 valence electrons. The number of benzene rings is 1. The third-order valence-corrected chi connectivity index (χ3v) is 5.70. The van der Waals surface area contributed by atoms with Gasteiger partial charge in [-0.15, -0.1) is 0 Å². The zero-order valence-corrected chi connectivity index (χ0v) is 18.6. The topological polar surface area (TPSA) is 90.8 Å². The van der Waals surface area contributed by atoms with Gasteiger partial charge in [-0.2, -0.15) is 10.2 Å². The number of hydrogen-bond acceptors (Lipinski definition) is 5. The van der Waals surface area contributed by atoms with Crippen molar-refractivity contribution >= 4 is 23.2 Å². The van der Waals surface area contributed by atoms with E-state index in [9.17, 15) is 4.79 Å². The maximum Gasteiger partial charge on any atom is 0.278 e. The number of carbonyl (C=O) groups is 1. The van der Waals surface area contributed by atoms with Crippen molar-refractivity contribution in [3.63, 3.8) is 0 Å². The van der Waals surface area contributed by atoms with Crippen LogP contribution in [0, 0.1) is 27.7 Å². The molecule has 3 aromatic heterocycles. The first-order chi connectivity index (χ1) is 14.8. The van der Waals surface area contributed by atoms with Gasteiger partial charge in [0.15, 0.2) is 5.69 Å². The summed E-state index contributed by atoms with van der Waals surface area (Å²) in [6, 6.07) is 8.24. The lowest BCUT2D eigenvalue weighted by molar-refractivity contribution is 0.101. The third-order valence-electron chi connectivity index (χ3n) is 5.16. The predicted octanol–water partition coefficient (Wildman–Crippen LogP) is 4.30. The summed E-state index contributed by atoms with van der Waals surface area (Å²) in [4.78, 5) is 12.9. The Labute approximate surface area is 184 Å². The highest BCUT2D eigenvalue weighted by molar-refractivity contribution is 6.31. The summed E-state index contributed by atoms with van der Waals surface area (Å²) in [5.74, 6) is 0.193. The lowest BCUT2D eigenvalue weighted by Crippen LogP contribution is -2.16. The molecule has 0 bridgehead atoms. The highest BCUT2D eigenvalue weighted by atomic mass is 35.5. The minimum absolute atomic E-state index is 0.215. The molecule has 0 saturated carbocycles. The van der Waals surface area contributed by atoms with Crippen LogP contribution in [0.1, 0.15) is 44.3 Å². The Balaban J connectivity index is 1.49. The van der Waals surface area contributed by atoms with Crippen LogP contribution in [-0.4, -0.2) is 30.6 Å². The van der Waals surface area contributed by atoms with Crippen molar-refractivity contribution in [2.75, 3.05) is 5.32 Å². The van der Waals surface area contributed by atoms with Gasteiger partial charge in [-0.3, -0.25) is 14.2 Å². The van der Waals surface area contributed by atoms with E-state index in [1.54, 1.807) is 28.7 Å². The molecule has 0 atom stereocenters. The number of anilines is 1. The minimum atomic E-state index is -0.366. The van der Waals surface area contributed by atoms with Gasteiger partial charge in [-0.25, -0.2) is 0 Å². The molecule has 8 nitrogen and oxygen atoms in total. The standard InChI is InChI=1S/C22H23ClN6O2/c1-13-5-7-17(8-6-13)10-28-11-18(9-24-28)25-22(30)21-19(16(4)31-27-21)12-29-15(3)20(23)14(2)26-29/h5-9,11H,10,12H2,1-4H3,(H,25,30). The lowest BCUT2D eigenvalue weighted by Gasteiger charge is -2.06. The molecular weight excluding hydrogens is 416 g/mol. The van der Waals surface area contributed by atoms with E-state index in [1.807, 2.05) is 13.8 Å². The minimum Gasteiger partial charge on any atom is -0.361 e. The lowest BCUT2D eigenvalue weighted by atomic mass is 10.1. The fraction of sp³-hybridized carbons (Fsp3) is 0.273. The first kappa shape index (κ1) is 20.9. The average molecular weight is 439 g/mol. The van der Waals surface area contributed by atoms with Gasteiger partial charge in [-0.05, 0) is 33.3 Å². The molecule has 0 aliphatic rings. The fourth-order valence-electron chi connectivity index (χ4n) is 3.32. The maximum atomic E-state index is 12.9. The molecule has 1 N–H and O–H groups in total. The van der Waals surface area contributed by atoms with Crippen molar-refractivity contribution in [1.82, 2.24) is 24.7 Å². The molecule has 31 heavy (non-hydrogen) atoms. The second-order valence-corrected chi connectivity index (χ2v) is 7.95. The van der Waals surface area contributed by atoms with Crippen molar-refractivity contribution in [3.8, 4) is 0 Å². The van der Waals surface area contributed by atoms with Crippen molar-refractivity contribution in [2.24, 2.45) is 0 Å². The molecule has 0 fully saturated rings. The van der Waals surface area contributed by atoms with E-state index < -0.39 is 0 Å². The highest BCUT2D eigenvalue weighted by Gasteiger charge is 2.22. The van der Waals surface area contributed by atoms with E-state index in [1.165, 1.54) is 5.56 Å². The SMILES string of the molecule is Cc1ccc(Cn2cc(NC(=O)c3noc(C)c3Cn3nc(C)c(Cl)c3C)cn2)cc1. The van der Waals surface area contributed by atoms with Crippen LogP contribution in [0.2, 0.25) is 5.02 Å². The van der Waals surface area contributed by atoms with Crippen LogP contribution < -0.4 is 5.32 Å². The average Bonchev–Trinajstić information content (AvgIpc) is 3.40. The Kier molecular flexibility index (Phi) is 5.65. The molecule has 4 rings (SSSR count). The van der Waals surface area contributed by atoms with Gasteiger partial charge in [0.2, 0.25) is 0 Å². The summed E-state index contributed by atoms with van der Waals surface area (Å²) in [6.45, 7) is 8.50. The molecule has 4 aromatic rings. The van der Waals surface area contributed by atoms with Crippen LogP contribution in [-0.2, 0) is 13.1 Å². The highest BCUT2D eigenvalue weighted by Crippen LogP contribution is 2.22. The molecule has 0 aliphatic carbocycles. The van der Waals surface area contributed by atoms with E-state index in [2.05, 4.69) is 51.9 Å². The van der Waals surface area contributed by atoms with Crippen LogP contribution in [0.5, 0.6) is 0 Å². The third kappa shape index (κ3) is 4.39. The number of aryl methyl sites for hydroxylation is 3. The monoisotopic (exact) mass is 438 g/mol. The predicted molar refractivity (Wildman–Crippen MR) is 118 cm³/mol. The Hall–Kier alpha value is -3.39. The van der Waals surface area contributed by atoms with Crippen LogP contribution in [0.15, 0.2) is 41.2 Å². The van der Waals surface area contributed by atoms with Gasteiger partial charge in [0.1, 0.15) is 5.76 Å². The summed E-state index contributed by atoms with van der Waals surface area (Å²) < 4.78 is 8.81. The number of halogens is 1.